The van der Waals surface area contributed by atoms with Gasteiger partial charge in [-0.15, -0.1) is 0 Å². The molecule has 11 rings (SSSR count). The lowest BCUT2D eigenvalue weighted by atomic mass is 9.91. The maximum atomic E-state index is 6.50. The molecule has 0 unspecified atom stereocenters. The van der Waals surface area contributed by atoms with Gasteiger partial charge in [0.15, 0.2) is 11.6 Å². The van der Waals surface area contributed by atoms with Crippen molar-refractivity contribution in [3.8, 4) is 33.9 Å². The molecule has 1 aliphatic heterocycles. The summed E-state index contributed by atoms with van der Waals surface area (Å²) in [6.45, 7) is 0. The molecule has 0 bridgehead atoms. The van der Waals surface area contributed by atoms with E-state index in [1.165, 1.54) is 5.56 Å². The number of rotatable bonds is 3. The van der Waals surface area contributed by atoms with Crippen molar-refractivity contribution in [3.63, 3.8) is 0 Å². The fourth-order valence-corrected chi connectivity index (χ4v) is 7.53. The van der Waals surface area contributed by atoms with E-state index in [0.717, 1.165) is 82.7 Å². The van der Waals surface area contributed by atoms with Gasteiger partial charge in [0.2, 0.25) is 5.95 Å². The van der Waals surface area contributed by atoms with Crippen LogP contribution in [0.3, 0.4) is 0 Å². The first-order valence-corrected chi connectivity index (χ1v) is 16.3. The Morgan fingerprint density at radius 2 is 0.878 bits per heavy atom. The van der Waals surface area contributed by atoms with Crippen molar-refractivity contribution in [2.75, 3.05) is 4.90 Å². The van der Waals surface area contributed by atoms with Crippen molar-refractivity contribution < 1.29 is 8.83 Å². The van der Waals surface area contributed by atoms with Crippen LogP contribution in [0, 0.1) is 0 Å². The molecule has 1 aliphatic rings. The first kappa shape index (κ1) is 26.3. The van der Waals surface area contributed by atoms with Crippen molar-refractivity contribution in [2.45, 2.75) is 0 Å². The highest BCUT2D eigenvalue weighted by atomic mass is 16.3. The molecule has 0 atom stereocenters. The zero-order valence-electron chi connectivity index (χ0n) is 26.0. The summed E-state index contributed by atoms with van der Waals surface area (Å²) in [7, 11) is 0. The van der Waals surface area contributed by atoms with Gasteiger partial charge in [-0.1, -0.05) is 109 Å². The van der Waals surface area contributed by atoms with Gasteiger partial charge in [-0.25, -0.2) is 4.98 Å². The molecule has 0 amide bonds. The first-order valence-electron chi connectivity index (χ1n) is 16.3. The molecule has 6 heteroatoms. The van der Waals surface area contributed by atoms with E-state index in [0.29, 0.717) is 17.6 Å². The molecule has 6 nitrogen and oxygen atoms in total. The second-order valence-corrected chi connectivity index (χ2v) is 12.4. The molecule has 49 heavy (non-hydrogen) atoms. The molecule has 0 saturated carbocycles. The van der Waals surface area contributed by atoms with E-state index in [1.807, 2.05) is 60.7 Å². The summed E-state index contributed by atoms with van der Waals surface area (Å²) < 4.78 is 13.0. The first-order chi connectivity index (χ1) is 24.3. The van der Waals surface area contributed by atoms with Gasteiger partial charge in [0, 0.05) is 32.5 Å². The molecule has 0 saturated heterocycles. The normalized spacial score (nSPS) is 12.4. The SMILES string of the molecule is c1ccc2c(c1)-c1cccc3cccc(c13)N2c1nc(-c2cccc3c2oc2ccccc23)nc(-c2cccc3c2oc2ccccc23)n1. The molecule has 0 radical (unpaired) electrons. The number of hydrogen-bond acceptors (Lipinski definition) is 6. The Morgan fingerprint density at radius 1 is 0.388 bits per heavy atom. The largest absolute Gasteiger partial charge is 0.455 e. The maximum Gasteiger partial charge on any atom is 0.238 e. The van der Waals surface area contributed by atoms with Crippen LogP contribution in [0.4, 0.5) is 17.3 Å². The van der Waals surface area contributed by atoms with E-state index >= 15 is 0 Å². The van der Waals surface area contributed by atoms with E-state index in [2.05, 4.69) is 89.8 Å². The minimum absolute atomic E-state index is 0.510. The van der Waals surface area contributed by atoms with E-state index in [9.17, 15) is 0 Å². The Kier molecular flexibility index (Phi) is 5.29. The van der Waals surface area contributed by atoms with Gasteiger partial charge in [-0.3, -0.25) is 4.90 Å². The number of aromatic nitrogens is 3. The smallest absolute Gasteiger partial charge is 0.238 e. The highest BCUT2D eigenvalue weighted by Gasteiger charge is 2.29. The molecule has 0 aliphatic carbocycles. The summed E-state index contributed by atoms with van der Waals surface area (Å²) >= 11 is 0. The number of nitrogens with zero attached hydrogens (tertiary/aromatic N) is 4. The summed E-state index contributed by atoms with van der Waals surface area (Å²) in [4.78, 5) is 17.9. The van der Waals surface area contributed by atoms with E-state index in [-0.39, 0.29) is 0 Å². The highest BCUT2D eigenvalue weighted by molar-refractivity contribution is 6.14. The van der Waals surface area contributed by atoms with Crippen LogP contribution in [-0.4, -0.2) is 15.0 Å². The fraction of sp³-hybridized carbons (Fsp3) is 0. The van der Waals surface area contributed by atoms with Gasteiger partial charge in [0.25, 0.3) is 0 Å². The molecule has 10 aromatic rings. The zero-order valence-corrected chi connectivity index (χ0v) is 26.0. The van der Waals surface area contributed by atoms with Gasteiger partial charge in [-0.05, 0) is 47.3 Å². The molecule has 4 heterocycles. The fourth-order valence-electron chi connectivity index (χ4n) is 7.53. The van der Waals surface area contributed by atoms with Crippen molar-refractivity contribution in [1.29, 1.82) is 0 Å². The van der Waals surface area contributed by atoms with E-state index in [4.69, 9.17) is 23.8 Å². The second-order valence-electron chi connectivity index (χ2n) is 12.4. The Morgan fingerprint density at radius 3 is 1.55 bits per heavy atom. The van der Waals surface area contributed by atoms with Crippen LogP contribution < -0.4 is 4.90 Å². The highest BCUT2D eigenvalue weighted by Crippen LogP contribution is 2.50. The summed E-state index contributed by atoms with van der Waals surface area (Å²) in [5, 5.41) is 6.44. The van der Waals surface area contributed by atoms with Crippen LogP contribution in [0.1, 0.15) is 0 Å². The van der Waals surface area contributed by atoms with Gasteiger partial charge in [-0.2, -0.15) is 9.97 Å². The molecule has 0 spiro atoms. The van der Waals surface area contributed by atoms with E-state index in [1.54, 1.807) is 0 Å². The predicted molar refractivity (Wildman–Crippen MR) is 196 cm³/mol. The van der Waals surface area contributed by atoms with Crippen LogP contribution in [0.15, 0.2) is 154 Å². The quantitative estimate of drug-likeness (QED) is 0.194. The third-order valence-corrected chi connectivity index (χ3v) is 9.67. The summed E-state index contributed by atoms with van der Waals surface area (Å²) in [6.07, 6.45) is 0. The van der Waals surface area contributed by atoms with Gasteiger partial charge in [0.1, 0.15) is 22.3 Å². The molecule has 0 N–H and O–H groups in total. The number of para-hydroxylation sites is 5. The van der Waals surface area contributed by atoms with Gasteiger partial charge in [0.05, 0.1) is 22.5 Å². The summed E-state index contributed by atoms with van der Waals surface area (Å²) in [5.74, 6) is 1.54. The Balaban J connectivity index is 1.24. The number of fused-ring (bicyclic) bond motifs is 8. The van der Waals surface area contributed by atoms with Gasteiger partial charge >= 0.3 is 0 Å². The van der Waals surface area contributed by atoms with Crippen LogP contribution in [0.25, 0.3) is 88.6 Å². The molecule has 228 valence electrons. The average Bonchev–Trinajstić information content (AvgIpc) is 3.74. The summed E-state index contributed by atoms with van der Waals surface area (Å²) in [6, 6.07) is 49.8. The zero-order chi connectivity index (χ0) is 32.1. The number of anilines is 3. The summed E-state index contributed by atoms with van der Waals surface area (Å²) in [5.41, 5.74) is 9.01. The lowest BCUT2D eigenvalue weighted by molar-refractivity contribution is 0.669. The minimum Gasteiger partial charge on any atom is -0.455 e. The lowest BCUT2D eigenvalue weighted by Crippen LogP contribution is -2.18. The van der Waals surface area contributed by atoms with Crippen LogP contribution >= 0.6 is 0 Å². The Labute approximate surface area is 279 Å². The molecular formula is C43H24N4O2. The third kappa shape index (κ3) is 3.74. The van der Waals surface area contributed by atoms with Crippen molar-refractivity contribution in [2.24, 2.45) is 0 Å². The Hall–Kier alpha value is -6.79. The minimum atomic E-state index is 0.510. The maximum absolute atomic E-state index is 6.50. The average molecular weight is 629 g/mol. The number of benzene rings is 7. The standard InChI is InChI=1S/C43H24N4O2/c1-4-21-34-26(13-1)29-16-7-11-25-12-8-22-35(38(25)29)47(34)43-45-41(32-19-9-17-30-27-14-2-5-23-36(27)48-39(30)32)44-42(46-43)33-20-10-18-31-28-15-3-6-24-37(28)49-40(31)33/h1-24H. The van der Waals surface area contributed by atoms with Crippen molar-refractivity contribution in [1.82, 2.24) is 15.0 Å². The van der Waals surface area contributed by atoms with Crippen LogP contribution in [0.2, 0.25) is 0 Å². The lowest BCUT2D eigenvalue weighted by Gasteiger charge is -2.32. The molecule has 7 aromatic carbocycles. The molecule has 3 aromatic heterocycles. The molecule has 0 fully saturated rings. The monoisotopic (exact) mass is 628 g/mol. The topological polar surface area (TPSA) is 68.2 Å². The number of hydrogen-bond donors (Lipinski definition) is 0. The second kappa shape index (κ2) is 9.86. The van der Waals surface area contributed by atoms with Gasteiger partial charge < -0.3 is 8.83 Å². The number of furan rings is 2. The van der Waals surface area contributed by atoms with Crippen molar-refractivity contribution >= 4 is 72.0 Å². The van der Waals surface area contributed by atoms with Crippen molar-refractivity contribution in [3.05, 3.63) is 146 Å². The van der Waals surface area contributed by atoms with Crippen LogP contribution in [0.5, 0.6) is 0 Å². The predicted octanol–water partition coefficient (Wildman–Crippen LogP) is 11.6. The Bertz CT molecular complexity index is 2840. The van der Waals surface area contributed by atoms with E-state index < -0.39 is 0 Å². The molecular weight excluding hydrogens is 604 g/mol. The van der Waals surface area contributed by atoms with Crippen LogP contribution in [-0.2, 0) is 0 Å². The third-order valence-electron chi connectivity index (χ3n) is 9.67.